The smallest absolute Gasteiger partial charge is 0.274 e. The Bertz CT molecular complexity index is 731. The zero-order valence-corrected chi connectivity index (χ0v) is 11.3. The number of halogens is 3. The van der Waals surface area contributed by atoms with Gasteiger partial charge in [-0.3, -0.25) is 4.79 Å². The summed E-state index contributed by atoms with van der Waals surface area (Å²) in [7, 11) is -4.63. The molecule has 1 fully saturated rings. The van der Waals surface area contributed by atoms with Gasteiger partial charge < -0.3 is 0 Å². The Balaban J connectivity index is 2.47. The first-order valence-corrected chi connectivity index (χ1v) is 7.31. The molecule has 0 aliphatic heterocycles. The summed E-state index contributed by atoms with van der Waals surface area (Å²) in [5, 5.41) is 8.61. The fourth-order valence-corrected chi connectivity index (χ4v) is 2.92. The van der Waals surface area contributed by atoms with E-state index in [1.54, 1.807) is 4.72 Å². The van der Waals surface area contributed by atoms with Crippen molar-refractivity contribution in [2.24, 2.45) is 5.92 Å². The van der Waals surface area contributed by atoms with Crippen molar-refractivity contribution in [2.75, 3.05) is 0 Å². The van der Waals surface area contributed by atoms with Crippen molar-refractivity contribution in [3.8, 4) is 6.07 Å². The van der Waals surface area contributed by atoms with E-state index < -0.39 is 38.5 Å². The van der Waals surface area contributed by atoms with Gasteiger partial charge in [-0.05, 0) is 31.0 Å². The van der Waals surface area contributed by atoms with Gasteiger partial charge in [-0.2, -0.15) is 18.4 Å². The first kappa shape index (κ1) is 15.3. The van der Waals surface area contributed by atoms with Gasteiger partial charge in [0.15, 0.2) is 0 Å². The van der Waals surface area contributed by atoms with Crippen LogP contribution in [0.3, 0.4) is 0 Å². The lowest BCUT2D eigenvalue weighted by molar-refractivity contribution is -0.140. The van der Waals surface area contributed by atoms with Crippen LogP contribution < -0.4 is 4.72 Å². The number of carbonyl (C=O) groups excluding carboxylic acids is 1. The molecule has 9 heteroatoms. The van der Waals surface area contributed by atoms with Gasteiger partial charge >= 0.3 is 6.18 Å². The van der Waals surface area contributed by atoms with E-state index in [0.717, 1.165) is 6.07 Å². The van der Waals surface area contributed by atoms with Crippen molar-refractivity contribution >= 4 is 15.9 Å². The van der Waals surface area contributed by atoms with Crippen molar-refractivity contribution in [1.29, 1.82) is 5.26 Å². The number of benzene rings is 1. The molecule has 2 rings (SSSR count). The van der Waals surface area contributed by atoms with Crippen LogP contribution in [0.5, 0.6) is 0 Å². The highest BCUT2D eigenvalue weighted by Gasteiger charge is 2.39. The van der Waals surface area contributed by atoms with Crippen LogP contribution in [0.1, 0.15) is 24.0 Å². The van der Waals surface area contributed by atoms with Gasteiger partial charge in [-0.15, -0.1) is 0 Å². The number of sulfonamides is 1. The highest BCUT2D eigenvalue weighted by atomic mass is 32.2. The zero-order valence-electron chi connectivity index (χ0n) is 10.4. The number of amides is 1. The number of alkyl halides is 3. The third kappa shape index (κ3) is 3.33. The van der Waals surface area contributed by atoms with Crippen molar-refractivity contribution in [2.45, 2.75) is 23.9 Å². The SMILES string of the molecule is N#Cc1ccc(S(=O)(=O)NC(=O)C2CC2)c(C(F)(F)F)c1. The normalized spacial score (nSPS) is 15.3. The van der Waals surface area contributed by atoms with E-state index in [-0.39, 0.29) is 5.56 Å². The zero-order chi connectivity index (χ0) is 15.8. The second kappa shape index (κ2) is 5.04. The van der Waals surface area contributed by atoms with Crippen LogP contribution in [0.15, 0.2) is 23.1 Å². The molecule has 0 unspecified atom stereocenters. The van der Waals surface area contributed by atoms with E-state index in [2.05, 4.69) is 0 Å². The molecule has 1 saturated carbocycles. The third-order valence-electron chi connectivity index (χ3n) is 2.89. The second-order valence-corrected chi connectivity index (χ2v) is 6.22. The van der Waals surface area contributed by atoms with Gasteiger partial charge in [0.1, 0.15) is 0 Å². The first-order valence-electron chi connectivity index (χ1n) is 5.83. The summed E-state index contributed by atoms with van der Waals surface area (Å²) < 4.78 is 64.2. The summed E-state index contributed by atoms with van der Waals surface area (Å²) in [4.78, 5) is 10.4. The van der Waals surface area contributed by atoms with E-state index in [1.165, 1.54) is 6.07 Å². The van der Waals surface area contributed by atoms with E-state index in [4.69, 9.17) is 5.26 Å². The quantitative estimate of drug-likeness (QED) is 0.920. The minimum absolute atomic E-state index is 0.324. The minimum atomic E-state index is -4.96. The van der Waals surface area contributed by atoms with Crippen LogP contribution in [-0.2, 0) is 21.0 Å². The average molecular weight is 318 g/mol. The lowest BCUT2D eigenvalue weighted by Crippen LogP contribution is -2.33. The highest BCUT2D eigenvalue weighted by Crippen LogP contribution is 2.35. The molecule has 0 heterocycles. The van der Waals surface area contributed by atoms with Crippen molar-refractivity contribution in [1.82, 2.24) is 4.72 Å². The number of hydrogen-bond donors (Lipinski definition) is 1. The summed E-state index contributed by atoms with van der Waals surface area (Å²) in [6, 6.07) is 3.57. The van der Waals surface area contributed by atoms with Gasteiger partial charge in [0, 0.05) is 5.92 Å². The molecule has 0 saturated heterocycles. The maximum Gasteiger partial charge on any atom is 0.417 e. The van der Waals surface area contributed by atoms with E-state index in [0.29, 0.717) is 25.0 Å². The monoisotopic (exact) mass is 318 g/mol. The molecule has 1 aromatic rings. The van der Waals surface area contributed by atoms with Gasteiger partial charge in [0.2, 0.25) is 5.91 Å². The molecule has 0 aromatic heterocycles. The molecule has 21 heavy (non-hydrogen) atoms. The van der Waals surface area contributed by atoms with Gasteiger partial charge in [0.05, 0.1) is 22.1 Å². The van der Waals surface area contributed by atoms with Crippen molar-refractivity contribution < 1.29 is 26.4 Å². The number of hydrogen-bond acceptors (Lipinski definition) is 4. The largest absolute Gasteiger partial charge is 0.417 e. The van der Waals surface area contributed by atoms with E-state index in [1.807, 2.05) is 0 Å². The van der Waals surface area contributed by atoms with Crippen LogP contribution in [0.25, 0.3) is 0 Å². The molecule has 5 nitrogen and oxygen atoms in total. The molecule has 0 bridgehead atoms. The van der Waals surface area contributed by atoms with Gasteiger partial charge in [-0.1, -0.05) is 0 Å². The number of nitriles is 1. The topological polar surface area (TPSA) is 87.0 Å². The molecule has 1 N–H and O–H groups in total. The van der Waals surface area contributed by atoms with Crippen LogP contribution in [0, 0.1) is 17.2 Å². The van der Waals surface area contributed by atoms with E-state index >= 15 is 0 Å². The van der Waals surface area contributed by atoms with Crippen molar-refractivity contribution in [3.05, 3.63) is 29.3 Å². The minimum Gasteiger partial charge on any atom is -0.274 e. The lowest BCUT2D eigenvalue weighted by atomic mass is 10.1. The molecule has 0 radical (unpaired) electrons. The van der Waals surface area contributed by atoms with Gasteiger partial charge in [-0.25, -0.2) is 13.1 Å². The number of rotatable bonds is 3. The Morgan fingerprint density at radius 3 is 2.43 bits per heavy atom. The summed E-state index contributed by atoms with van der Waals surface area (Å²) in [5.41, 5.74) is -1.80. The molecule has 0 spiro atoms. The fraction of sp³-hybridized carbons (Fsp3) is 0.333. The van der Waals surface area contributed by atoms with Crippen LogP contribution >= 0.6 is 0 Å². The standard InChI is InChI=1S/C12H9F3N2O3S/c13-12(14,15)9-5-7(6-16)1-4-10(9)21(19,20)17-11(18)8-2-3-8/h1,4-5,8H,2-3H2,(H,17,18). The maximum atomic E-state index is 12.9. The Morgan fingerprint density at radius 1 is 1.33 bits per heavy atom. The highest BCUT2D eigenvalue weighted by molar-refractivity contribution is 7.90. The van der Waals surface area contributed by atoms with E-state index in [9.17, 15) is 26.4 Å². The van der Waals surface area contributed by atoms with Crippen LogP contribution in [0.4, 0.5) is 13.2 Å². The summed E-state index contributed by atoms with van der Waals surface area (Å²) in [6.07, 6.45) is -3.93. The molecule has 1 aliphatic carbocycles. The molecule has 1 amide bonds. The van der Waals surface area contributed by atoms with Crippen LogP contribution in [-0.4, -0.2) is 14.3 Å². The van der Waals surface area contributed by atoms with Crippen LogP contribution in [0.2, 0.25) is 0 Å². The third-order valence-corrected chi connectivity index (χ3v) is 4.29. The molecule has 112 valence electrons. The fourth-order valence-electron chi connectivity index (χ4n) is 1.67. The summed E-state index contributed by atoms with van der Waals surface area (Å²) in [6.45, 7) is 0. The predicted molar refractivity (Wildman–Crippen MR) is 64.2 cm³/mol. The second-order valence-electron chi connectivity index (χ2n) is 4.56. The Labute approximate surface area is 118 Å². The molecule has 0 atom stereocenters. The molecule has 1 aromatic carbocycles. The van der Waals surface area contributed by atoms with Crippen molar-refractivity contribution in [3.63, 3.8) is 0 Å². The first-order chi connectivity index (χ1) is 9.65. The number of nitrogens with one attached hydrogen (secondary N) is 1. The Hall–Kier alpha value is -2.08. The molecular weight excluding hydrogens is 309 g/mol. The predicted octanol–water partition coefficient (Wildman–Crippen LogP) is 1.79. The molecule has 1 aliphatic rings. The number of carbonyl (C=O) groups is 1. The van der Waals surface area contributed by atoms with Gasteiger partial charge in [0.25, 0.3) is 10.0 Å². The lowest BCUT2D eigenvalue weighted by Gasteiger charge is -2.14. The Kier molecular flexibility index (Phi) is 3.67. The Morgan fingerprint density at radius 2 is 1.95 bits per heavy atom. The number of nitrogens with zero attached hydrogens (tertiary/aromatic N) is 1. The molecular formula is C12H9F3N2O3S. The maximum absolute atomic E-state index is 12.9. The summed E-state index contributed by atoms with van der Waals surface area (Å²) in [5.74, 6) is -1.28. The average Bonchev–Trinajstić information content (AvgIpc) is 3.20. The summed E-state index contributed by atoms with van der Waals surface area (Å²) >= 11 is 0.